The molecule has 0 aromatic carbocycles. The molecule has 0 aromatic rings. The minimum atomic E-state index is 0.112. The van der Waals surface area contributed by atoms with E-state index in [1.54, 1.807) is 0 Å². The quantitative estimate of drug-likeness (QED) is 0.596. The van der Waals surface area contributed by atoms with Gasteiger partial charge in [0.1, 0.15) is 0 Å². The van der Waals surface area contributed by atoms with Gasteiger partial charge in [-0.2, -0.15) is 0 Å². The lowest BCUT2D eigenvalue weighted by Crippen LogP contribution is -2.50. The molecular weight excluding hydrogens is 240 g/mol. The summed E-state index contributed by atoms with van der Waals surface area (Å²) in [7, 11) is 0. The van der Waals surface area contributed by atoms with E-state index in [0.29, 0.717) is 12.6 Å². The Morgan fingerprint density at radius 3 is 2.79 bits per heavy atom. The van der Waals surface area contributed by atoms with Crippen LogP contribution in [0.5, 0.6) is 0 Å². The summed E-state index contributed by atoms with van der Waals surface area (Å²) in [4.78, 5) is 14.7. The first kappa shape index (κ1) is 14.8. The molecule has 1 amide bonds. The first-order valence-electron chi connectivity index (χ1n) is 7.77. The monoisotopic (exact) mass is 268 g/mol. The molecular formula is C14H28N4O. The molecule has 0 spiro atoms. The second-order valence-electron chi connectivity index (χ2n) is 5.66. The SMILES string of the molecule is NCCCCNC(=O)C1CCCN1C1CCNCC1. The third kappa shape index (κ3) is 4.16. The van der Waals surface area contributed by atoms with Crippen LogP contribution < -0.4 is 16.4 Å². The van der Waals surface area contributed by atoms with Crippen LogP contribution in [0, 0.1) is 0 Å². The van der Waals surface area contributed by atoms with Crippen LogP contribution in [0.4, 0.5) is 0 Å². The number of rotatable bonds is 6. The van der Waals surface area contributed by atoms with E-state index in [-0.39, 0.29) is 11.9 Å². The van der Waals surface area contributed by atoms with E-state index >= 15 is 0 Å². The number of piperidine rings is 1. The summed E-state index contributed by atoms with van der Waals surface area (Å²) < 4.78 is 0. The number of amides is 1. The molecule has 2 saturated heterocycles. The predicted molar refractivity (Wildman–Crippen MR) is 76.9 cm³/mol. The molecule has 2 heterocycles. The molecule has 0 saturated carbocycles. The zero-order chi connectivity index (χ0) is 13.5. The number of hydrogen-bond acceptors (Lipinski definition) is 4. The van der Waals surface area contributed by atoms with Gasteiger partial charge in [-0.05, 0) is 64.7 Å². The Bertz CT molecular complexity index is 279. The minimum Gasteiger partial charge on any atom is -0.355 e. The highest BCUT2D eigenvalue weighted by molar-refractivity contribution is 5.82. The van der Waals surface area contributed by atoms with E-state index in [0.717, 1.165) is 51.9 Å². The molecule has 4 N–H and O–H groups in total. The highest BCUT2D eigenvalue weighted by atomic mass is 16.2. The number of nitrogens with zero attached hydrogens (tertiary/aromatic N) is 1. The molecule has 5 heteroatoms. The standard InChI is InChI=1S/C14H28N4O/c15-7-1-2-8-17-14(19)13-4-3-11-18(13)12-5-9-16-10-6-12/h12-13,16H,1-11,15H2,(H,17,19). The summed E-state index contributed by atoms with van der Waals surface area (Å²) in [5.74, 6) is 0.230. The van der Waals surface area contributed by atoms with Gasteiger partial charge in [0.15, 0.2) is 0 Å². The summed E-state index contributed by atoms with van der Waals surface area (Å²) in [6, 6.07) is 0.713. The van der Waals surface area contributed by atoms with Crippen molar-refractivity contribution in [3.63, 3.8) is 0 Å². The van der Waals surface area contributed by atoms with Gasteiger partial charge in [-0.3, -0.25) is 9.69 Å². The van der Waals surface area contributed by atoms with Crippen molar-refractivity contribution >= 4 is 5.91 Å². The van der Waals surface area contributed by atoms with Gasteiger partial charge >= 0.3 is 0 Å². The molecule has 19 heavy (non-hydrogen) atoms. The van der Waals surface area contributed by atoms with Crippen LogP contribution in [-0.4, -0.2) is 55.6 Å². The van der Waals surface area contributed by atoms with E-state index in [9.17, 15) is 4.79 Å². The normalized spacial score (nSPS) is 25.6. The van der Waals surface area contributed by atoms with Crippen molar-refractivity contribution in [1.82, 2.24) is 15.5 Å². The largest absolute Gasteiger partial charge is 0.355 e. The predicted octanol–water partition coefficient (Wildman–Crippen LogP) is 0.0579. The minimum absolute atomic E-state index is 0.112. The van der Waals surface area contributed by atoms with E-state index in [1.165, 1.54) is 12.8 Å². The number of unbranched alkanes of at least 4 members (excludes halogenated alkanes) is 1. The molecule has 0 radical (unpaired) electrons. The second-order valence-corrected chi connectivity index (χ2v) is 5.66. The Hall–Kier alpha value is -0.650. The third-order valence-corrected chi connectivity index (χ3v) is 4.30. The number of nitrogens with one attached hydrogen (secondary N) is 2. The first-order chi connectivity index (χ1) is 9.33. The second kappa shape index (κ2) is 7.82. The first-order valence-corrected chi connectivity index (χ1v) is 7.77. The Labute approximate surface area is 116 Å². The summed E-state index contributed by atoms with van der Waals surface area (Å²) in [6.07, 6.45) is 6.51. The highest BCUT2D eigenvalue weighted by Crippen LogP contribution is 2.24. The van der Waals surface area contributed by atoms with Gasteiger partial charge in [0.25, 0.3) is 0 Å². The molecule has 110 valence electrons. The molecule has 0 bridgehead atoms. The van der Waals surface area contributed by atoms with E-state index in [4.69, 9.17) is 5.73 Å². The van der Waals surface area contributed by atoms with E-state index < -0.39 is 0 Å². The topological polar surface area (TPSA) is 70.4 Å². The number of carbonyl (C=O) groups is 1. The fourth-order valence-corrected chi connectivity index (χ4v) is 3.24. The molecule has 0 aromatic heterocycles. The van der Waals surface area contributed by atoms with E-state index in [2.05, 4.69) is 15.5 Å². The Morgan fingerprint density at radius 1 is 1.26 bits per heavy atom. The van der Waals surface area contributed by atoms with Gasteiger partial charge in [-0.15, -0.1) is 0 Å². The fraction of sp³-hybridized carbons (Fsp3) is 0.929. The zero-order valence-corrected chi connectivity index (χ0v) is 11.9. The molecule has 0 aliphatic carbocycles. The van der Waals surface area contributed by atoms with Crippen molar-refractivity contribution < 1.29 is 4.79 Å². The third-order valence-electron chi connectivity index (χ3n) is 4.30. The Morgan fingerprint density at radius 2 is 2.05 bits per heavy atom. The van der Waals surface area contributed by atoms with Crippen LogP contribution in [0.3, 0.4) is 0 Å². The lowest BCUT2D eigenvalue weighted by atomic mass is 10.0. The molecule has 2 aliphatic heterocycles. The number of likely N-dealkylation sites (tertiary alicyclic amines) is 1. The molecule has 2 fully saturated rings. The summed E-state index contributed by atoms with van der Waals surface area (Å²) in [5.41, 5.74) is 5.46. The molecule has 5 nitrogen and oxygen atoms in total. The summed E-state index contributed by atoms with van der Waals surface area (Å²) in [6.45, 7) is 4.75. The maximum absolute atomic E-state index is 12.3. The summed E-state index contributed by atoms with van der Waals surface area (Å²) in [5, 5.41) is 6.47. The Balaban J connectivity index is 1.78. The number of nitrogens with two attached hydrogens (primary N) is 1. The van der Waals surface area contributed by atoms with E-state index in [1.807, 2.05) is 0 Å². The van der Waals surface area contributed by atoms with Crippen LogP contribution in [0.25, 0.3) is 0 Å². The van der Waals surface area contributed by atoms with Crippen molar-refractivity contribution in [1.29, 1.82) is 0 Å². The fourth-order valence-electron chi connectivity index (χ4n) is 3.24. The molecule has 2 aliphatic rings. The zero-order valence-electron chi connectivity index (χ0n) is 11.9. The molecule has 1 unspecified atom stereocenters. The van der Waals surface area contributed by atoms with Gasteiger partial charge in [0, 0.05) is 12.6 Å². The van der Waals surface area contributed by atoms with Crippen LogP contribution in [0.2, 0.25) is 0 Å². The lowest BCUT2D eigenvalue weighted by molar-refractivity contribution is -0.126. The van der Waals surface area contributed by atoms with Crippen molar-refractivity contribution in [3.05, 3.63) is 0 Å². The summed E-state index contributed by atoms with van der Waals surface area (Å²) >= 11 is 0. The number of carbonyl (C=O) groups excluding carboxylic acids is 1. The van der Waals surface area contributed by atoms with Crippen LogP contribution >= 0.6 is 0 Å². The van der Waals surface area contributed by atoms with Crippen molar-refractivity contribution in [2.45, 2.75) is 50.6 Å². The van der Waals surface area contributed by atoms with Crippen molar-refractivity contribution in [2.75, 3.05) is 32.7 Å². The average molecular weight is 268 g/mol. The lowest BCUT2D eigenvalue weighted by Gasteiger charge is -2.35. The van der Waals surface area contributed by atoms with Crippen LogP contribution in [-0.2, 0) is 4.79 Å². The molecule has 1 atom stereocenters. The van der Waals surface area contributed by atoms with Gasteiger partial charge in [-0.1, -0.05) is 0 Å². The van der Waals surface area contributed by atoms with Gasteiger partial charge in [0.05, 0.1) is 6.04 Å². The van der Waals surface area contributed by atoms with Gasteiger partial charge < -0.3 is 16.4 Å². The Kier molecular flexibility index (Phi) is 6.07. The maximum Gasteiger partial charge on any atom is 0.237 e. The maximum atomic E-state index is 12.3. The highest BCUT2D eigenvalue weighted by Gasteiger charge is 2.35. The average Bonchev–Trinajstić information content (AvgIpc) is 2.94. The molecule has 2 rings (SSSR count). The van der Waals surface area contributed by atoms with Gasteiger partial charge in [0.2, 0.25) is 5.91 Å². The smallest absolute Gasteiger partial charge is 0.237 e. The van der Waals surface area contributed by atoms with Crippen molar-refractivity contribution in [2.24, 2.45) is 5.73 Å². The van der Waals surface area contributed by atoms with Crippen LogP contribution in [0.15, 0.2) is 0 Å². The van der Waals surface area contributed by atoms with Crippen LogP contribution in [0.1, 0.15) is 38.5 Å². The van der Waals surface area contributed by atoms with Crippen molar-refractivity contribution in [3.8, 4) is 0 Å². The number of hydrogen-bond donors (Lipinski definition) is 3. The van der Waals surface area contributed by atoms with Gasteiger partial charge in [-0.25, -0.2) is 0 Å².